The highest BCUT2D eigenvalue weighted by Gasteiger charge is 2.10. The number of rotatable bonds is 6. The first-order valence-electron chi connectivity index (χ1n) is 4.94. The van der Waals surface area contributed by atoms with Crippen LogP contribution in [0.1, 0.15) is 0 Å². The Kier molecular flexibility index (Phi) is 4.59. The van der Waals surface area contributed by atoms with Crippen LogP contribution in [0.2, 0.25) is 0 Å². The molecule has 7 heteroatoms. The minimum atomic E-state index is -3.42. The normalized spacial score (nSPS) is 11.0. The van der Waals surface area contributed by atoms with Crippen molar-refractivity contribution >= 4 is 15.7 Å². The second kappa shape index (κ2) is 5.74. The molecule has 0 aliphatic rings. The second-order valence-corrected chi connectivity index (χ2v) is 5.15. The van der Waals surface area contributed by atoms with E-state index in [1.165, 1.54) is 14.2 Å². The van der Waals surface area contributed by atoms with Gasteiger partial charge in [0.15, 0.2) is 0 Å². The number of methoxy groups -OCH3 is 2. The summed E-state index contributed by atoms with van der Waals surface area (Å²) in [5.74, 6) is 0.886. The van der Waals surface area contributed by atoms with Crippen molar-refractivity contribution < 1.29 is 17.9 Å². The predicted octanol–water partition coefficient (Wildman–Crippen LogP) is 0.404. The van der Waals surface area contributed by atoms with Gasteiger partial charge in [-0.25, -0.2) is 8.42 Å². The Hall–Kier alpha value is -1.47. The van der Waals surface area contributed by atoms with Crippen molar-refractivity contribution in [3.8, 4) is 11.5 Å². The second-order valence-electron chi connectivity index (χ2n) is 3.31. The van der Waals surface area contributed by atoms with E-state index in [9.17, 15) is 8.42 Å². The first kappa shape index (κ1) is 13.6. The van der Waals surface area contributed by atoms with Crippen LogP contribution < -0.4 is 19.9 Å². The summed E-state index contributed by atoms with van der Waals surface area (Å²) in [4.78, 5) is 0. The third-order valence-corrected chi connectivity index (χ3v) is 3.33. The van der Waals surface area contributed by atoms with Crippen LogP contribution >= 0.6 is 0 Å². The Balaban J connectivity index is 2.98. The van der Waals surface area contributed by atoms with Gasteiger partial charge in [0, 0.05) is 24.7 Å². The fourth-order valence-corrected chi connectivity index (χ4v) is 2.14. The zero-order valence-corrected chi connectivity index (χ0v) is 10.6. The van der Waals surface area contributed by atoms with Crippen LogP contribution in [0.15, 0.2) is 18.2 Å². The third-order valence-electron chi connectivity index (χ3n) is 2.01. The summed E-state index contributed by atoms with van der Waals surface area (Å²) in [6, 6.07) is 4.79. The molecule has 96 valence electrons. The molecule has 0 bridgehead atoms. The number of nitrogens with two attached hydrogens (primary N) is 1. The fraction of sp³-hybridized carbons (Fsp3) is 0.400. The molecule has 0 radical (unpaired) electrons. The molecule has 0 fully saturated rings. The number of hydrogen-bond donors (Lipinski definition) is 2. The standard InChI is InChI=1S/C10H16N2O4S/c1-15-9-5-8(6-10(7-9)16-2)12-17(13,14)4-3-11/h5-7,12H,3-4,11H2,1-2H3. The first-order valence-corrected chi connectivity index (χ1v) is 6.59. The van der Waals surface area contributed by atoms with Crippen molar-refractivity contribution in [3.05, 3.63) is 18.2 Å². The van der Waals surface area contributed by atoms with Gasteiger partial charge in [-0.15, -0.1) is 0 Å². The zero-order valence-electron chi connectivity index (χ0n) is 9.76. The zero-order chi connectivity index (χ0) is 12.9. The summed E-state index contributed by atoms with van der Waals surface area (Å²) >= 11 is 0. The van der Waals surface area contributed by atoms with E-state index < -0.39 is 10.0 Å². The Labute approximate surface area is 101 Å². The largest absolute Gasteiger partial charge is 0.497 e. The topological polar surface area (TPSA) is 90.7 Å². The van der Waals surface area contributed by atoms with Crippen molar-refractivity contribution in [2.75, 3.05) is 31.2 Å². The molecule has 1 aromatic carbocycles. The third kappa shape index (κ3) is 4.12. The molecule has 0 atom stereocenters. The van der Waals surface area contributed by atoms with Gasteiger partial charge in [-0.2, -0.15) is 0 Å². The van der Waals surface area contributed by atoms with Crippen LogP contribution in [-0.2, 0) is 10.0 Å². The molecule has 0 amide bonds. The minimum absolute atomic E-state index is 0.0659. The van der Waals surface area contributed by atoms with E-state index in [1.54, 1.807) is 18.2 Å². The first-order chi connectivity index (χ1) is 8.00. The molecule has 3 N–H and O–H groups in total. The number of nitrogens with one attached hydrogen (secondary N) is 1. The lowest BCUT2D eigenvalue weighted by Gasteiger charge is -2.10. The smallest absolute Gasteiger partial charge is 0.233 e. The summed E-state index contributed by atoms with van der Waals surface area (Å²) in [6.07, 6.45) is 0. The summed E-state index contributed by atoms with van der Waals surface area (Å²) in [7, 11) is -0.435. The van der Waals surface area contributed by atoms with Gasteiger partial charge >= 0.3 is 0 Å². The maximum atomic E-state index is 11.5. The molecular formula is C10H16N2O4S. The van der Waals surface area contributed by atoms with Gasteiger partial charge in [0.2, 0.25) is 10.0 Å². The molecule has 17 heavy (non-hydrogen) atoms. The maximum absolute atomic E-state index is 11.5. The molecular weight excluding hydrogens is 244 g/mol. The van der Waals surface area contributed by atoms with E-state index in [0.29, 0.717) is 17.2 Å². The molecule has 0 aliphatic heterocycles. The monoisotopic (exact) mass is 260 g/mol. The maximum Gasteiger partial charge on any atom is 0.233 e. The Morgan fingerprint density at radius 3 is 2.12 bits per heavy atom. The average Bonchev–Trinajstić information content (AvgIpc) is 2.27. The van der Waals surface area contributed by atoms with Gasteiger partial charge in [0.25, 0.3) is 0 Å². The van der Waals surface area contributed by atoms with Crippen LogP contribution in [0.3, 0.4) is 0 Å². The van der Waals surface area contributed by atoms with Gasteiger partial charge in [-0.3, -0.25) is 4.72 Å². The molecule has 0 aliphatic carbocycles. The average molecular weight is 260 g/mol. The Bertz CT molecular complexity index is 451. The number of benzene rings is 1. The number of hydrogen-bond acceptors (Lipinski definition) is 5. The van der Waals surface area contributed by atoms with Gasteiger partial charge in [-0.05, 0) is 0 Å². The lowest BCUT2D eigenvalue weighted by Crippen LogP contribution is -2.22. The van der Waals surface area contributed by atoms with Crippen molar-refractivity contribution in [2.24, 2.45) is 5.73 Å². The van der Waals surface area contributed by atoms with Gasteiger partial charge in [-0.1, -0.05) is 0 Å². The summed E-state index contributed by atoms with van der Waals surface area (Å²) in [5.41, 5.74) is 5.60. The molecule has 0 aromatic heterocycles. The molecule has 1 aromatic rings. The summed E-state index contributed by atoms with van der Waals surface area (Å²) in [5, 5.41) is 0. The molecule has 0 saturated carbocycles. The van der Waals surface area contributed by atoms with Crippen molar-refractivity contribution in [1.82, 2.24) is 0 Å². The molecule has 0 unspecified atom stereocenters. The van der Waals surface area contributed by atoms with Crippen LogP contribution in [0.25, 0.3) is 0 Å². The number of sulfonamides is 1. The van der Waals surface area contributed by atoms with E-state index in [0.717, 1.165) is 0 Å². The fourth-order valence-electron chi connectivity index (χ4n) is 1.25. The summed E-state index contributed by atoms with van der Waals surface area (Å²) in [6.45, 7) is 0.0659. The van der Waals surface area contributed by atoms with Crippen molar-refractivity contribution in [3.63, 3.8) is 0 Å². The van der Waals surface area contributed by atoms with E-state index in [4.69, 9.17) is 15.2 Å². The van der Waals surface area contributed by atoms with Crippen LogP contribution in [-0.4, -0.2) is 34.9 Å². The quantitative estimate of drug-likeness (QED) is 0.772. The van der Waals surface area contributed by atoms with E-state index >= 15 is 0 Å². The van der Waals surface area contributed by atoms with Gasteiger partial charge < -0.3 is 15.2 Å². The van der Waals surface area contributed by atoms with Gasteiger partial charge in [0.05, 0.1) is 25.7 Å². The highest BCUT2D eigenvalue weighted by Crippen LogP contribution is 2.26. The van der Waals surface area contributed by atoms with E-state index in [1.807, 2.05) is 0 Å². The highest BCUT2D eigenvalue weighted by atomic mass is 32.2. The molecule has 0 spiro atoms. The lowest BCUT2D eigenvalue weighted by atomic mass is 10.3. The molecule has 6 nitrogen and oxygen atoms in total. The number of ether oxygens (including phenoxy) is 2. The number of anilines is 1. The SMILES string of the molecule is COc1cc(NS(=O)(=O)CCN)cc(OC)c1. The van der Waals surface area contributed by atoms with Crippen LogP contribution in [0.5, 0.6) is 11.5 Å². The highest BCUT2D eigenvalue weighted by molar-refractivity contribution is 7.92. The Morgan fingerprint density at radius 2 is 1.71 bits per heavy atom. The van der Waals surface area contributed by atoms with Gasteiger partial charge in [0.1, 0.15) is 11.5 Å². The van der Waals surface area contributed by atoms with E-state index in [-0.39, 0.29) is 12.3 Å². The predicted molar refractivity (Wildman–Crippen MR) is 66.0 cm³/mol. The Morgan fingerprint density at radius 1 is 1.18 bits per heavy atom. The van der Waals surface area contributed by atoms with Crippen molar-refractivity contribution in [1.29, 1.82) is 0 Å². The minimum Gasteiger partial charge on any atom is -0.497 e. The molecule has 1 rings (SSSR count). The van der Waals surface area contributed by atoms with Crippen LogP contribution in [0, 0.1) is 0 Å². The molecule has 0 heterocycles. The van der Waals surface area contributed by atoms with Crippen molar-refractivity contribution in [2.45, 2.75) is 0 Å². The lowest BCUT2D eigenvalue weighted by molar-refractivity contribution is 0.395. The molecule has 0 saturated heterocycles. The van der Waals surface area contributed by atoms with E-state index in [2.05, 4.69) is 4.72 Å². The summed E-state index contributed by atoms with van der Waals surface area (Å²) < 4.78 is 35.5. The van der Waals surface area contributed by atoms with Crippen LogP contribution in [0.4, 0.5) is 5.69 Å².